The van der Waals surface area contributed by atoms with E-state index in [1.165, 1.54) is 0 Å². The Hall–Kier alpha value is -2.56. The van der Waals surface area contributed by atoms with Crippen LogP contribution in [0.1, 0.15) is 36.8 Å². The highest BCUT2D eigenvalue weighted by Gasteiger charge is 2.10. The maximum atomic E-state index is 12.5. The summed E-state index contributed by atoms with van der Waals surface area (Å²) < 4.78 is 11.4. The molecular weight excluding hydrogens is 404 g/mol. The second-order valence-electron chi connectivity index (χ2n) is 6.80. The van der Waals surface area contributed by atoms with Gasteiger partial charge in [-0.05, 0) is 74.4 Å². The lowest BCUT2D eigenvalue weighted by atomic mass is 10.1. The van der Waals surface area contributed by atoms with Crippen LogP contribution < -0.4 is 9.47 Å². The van der Waals surface area contributed by atoms with Gasteiger partial charge in [0, 0.05) is 25.9 Å². The summed E-state index contributed by atoms with van der Waals surface area (Å²) in [5.74, 6) is 1.49. The van der Waals surface area contributed by atoms with E-state index in [1.807, 2.05) is 69.3 Å². The van der Waals surface area contributed by atoms with Crippen LogP contribution in [-0.4, -0.2) is 12.9 Å². The minimum absolute atomic E-state index is 0.0112. The number of carbonyl (C=O) groups excluding carboxylic acids is 1. The molecule has 0 atom stereocenters. The lowest BCUT2D eigenvalue weighted by molar-refractivity contribution is 0.104. The van der Waals surface area contributed by atoms with E-state index in [0.29, 0.717) is 11.6 Å². The largest absolute Gasteiger partial charge is 0.496 e. The molecule has 0 unspecified atom stereocenters. The smallest absolute Gasteiger partial charge is 0.186 e. The molecule has 0 saturated carbocycles. The molecule has 3 rings (SSSR count). The third-order valence-electron chi connectivity index (χ3n) is 4.56. The zero-order chi connectivity index (χ0) is 21.0. The molecule has 3 nitrogen and oxygen atoms in total. The van der Waals surface area contributed by atoms with Crippen molar-refractivity contribution in [2.45, 2.75) is 27.4 Å². The third kappa shape index (κ3) is 5.28. The van der Waals surface area contributed by atoms with E-state index in [2.05, 4.69) is 0 Å². The molecule has 1 aromatic heterocycles. The Balaban J connectivity index is 1.76. The van der Waals surface area contributed by atoms with Gasteiger partial charge in [-0.25, -0.2) is 0 Å². The van der Waals surface area contributed by atoms with Gasteiger partial charge < -0.3 is 9.47 Å². The van der Waals surface area contributed by atoms with Crippen LogP contribution in [0, 0.1) is 20.8 Å². The Bertz CT molecular complexity index is 1070. The molecule has 0 radical (unpaired) electrons. The number of thiophene rings is 1. The zero-order valence-electron chi connectivity index (χ0n) is 16.9. The summed E-state index contributed by atoms with van der Waals surface area (Å²) in [5.41, 5.74) is 3.54. The number of allylic oxidation sites excluding steroid dienone is 1. The average molecular weight is 427 g/mol. The number of ether oxygens (including phenoxy) is 2. The molecule has 0 aliphatic carbocycles. The molecule has 0 saturated heterocycles. The lowest BCUT2D eigenvalue weighted by Crippen LogP contribution is -2.00. The molecule has 0 fully saturated rings. The van der Waals surface area contributed by atoms with Gasteiger partial charge in [0.25, 0.3) is 0 Å². The summed E-state index contributed by atoms with van der Waals surface area (Å²) in [4.78, 5) is 14.7. The molecule has 2 aromatic carbocycles. The van der Waals surface area contributed by atoms with Crippen molar-refractivity contribution < 1.29 is 14.3 Å². The number of methoxy groups -OCH3 is 1. The summed E-state index contributed by atoms with van der Waals surface area (Å²) in [6, 6.07) is 13.3. The summed E-state index contributed by atoms with van der Waals surface area (Å²) in [6.45, 7) is 6.27. The highest BCUT2D eigenvalue weighted by Crippen LogP contribution is 2.26. The number of aryl methyl sites for hydroxylation is 3. The minimum Gasteiger partial charge on any atom is -0.496 e. The number of ketones is 1. The van der Waals surface area contributed by atoms with Crippen molar-refractivity contribution in [2.75, 3.05) is 7.11 Å². The molecule has 0 aliphatic rings. The summed E-state index contributed by atoms with van der Waals surface area (Å²) in [7, 11) is 1.63. The number of benzene rings is 2. The van der Waals surface area contributed by atoms with E-state index in [9.17, 15) is 4.79 Å². The van der Waals surface area contributed by atoms with Crippen molar-refractivity contribution in [2.24, 2.45) is 0 Å². The molecule has 5 heteroatoms. The van der Waals surface area contributed by atoms with Crippen LogP contribution in [-0.2, 0) is 6.61 Å². The fourth-order valence-corrected chi connectivity index (χ4v) is 4.07. The van der Waals surface area contributed by atoms with Gasteiger partial charge in [0.05, 0.1) is 7.11 Å². The fourth-order valence-electron chi connectivity index (χ4n) is 3.02. The van der Waals surface area contributed by atoms with Crippen molar-refractivity contribution in [3.63, 3.8) is 0 Å². The van der Waals surface area contributed by atoms with Crippen LogP contribution in [0.5, 0.6) is 11.5 Å². The zero-order valence-corrected chi connectivity index (χ0v) is 18.5. The third-order valence-corrected chi connectivity index (χ3v) is 5.95. The fraction of sp³-hybridized carbons (Fsp3) is 0.208. The Morgan fingerprint density at radius 2 is 1.90 bits per heavy atom. The quantitative estimate of drug-likeness (QED) is 0.307. The first-order valence-corrected chi connectivity index (χ1v) is 10.4. The van der Waals surface area contributed by atoms with Crippen LogP contribution in [0.4, 0.5) is 0 Å². The molecule has 0 bridgehead atoms. The van der Waals surface area contributed by atoms with Crippen molar-refractivity contribution >= 4 is 34.8 Å². The predicted molar refractivity (Wildman–Crippen MR) is 121 cm³/mol. The molecule has 0 aliphatic heterocycles. The molecule has 29 heavy (non-hydrogen) atoms. The second-order valence-corrected chi connectivity index (χ2v) is 8.66. The first kappa shape index (κ1) is 21.2. The van der Waals surface area contributed by atoms with E-state index in [0.717, 1.165) is 43.5 Å². The van der Waals surface area contributed by atoms with Crippen LogP contribution >= 0.6 is 22.9 Å². The predicted octanol–water partition coefficient (Wildman–Crippen LogP) is 6.81. The first-order valence-electron chi connectivity index (χ1n) is 9.22. The van der Waals surface area contributed by atoms with Gasteiger partial charge in [-0.2, -0.15) is 0 Å². The van der Waals surface area contributed by atoms with Crippen molar-refractivity contribution in [1.29, 1.82) is 0 Å². The summed E-state index contributed by atoms with van der Waals surface area (Å²) in [5, 5.41) is 0.711. The highest BCUT2D eigenvalue weighted by atomic mass is 35.5. The molecular formula is C24H23ClO3S. The normalized spacial score (nSPS) is 11.1. The van der Waals surface area contributed by atoms with Crippen molar-refractivity contribution in [1.82, 2.24) is 0 Å². The molecule has 0 spiro atoms. The highest BCUT2D eigenvalue weighted by molar-refractivity contribution is 7.12. The lowest BCUT2D eigenvalue weighted by Gasteiger charge is -2.12. The number of hydrogen-bond acceptors (Lipinski definition) is 4. The van der Waals surface area contributed by atoms with Crippen molar-refractivity contribution in [3.8, 4) is 11.5 Å². The summed E-state index contributed by atoms with van der Waals surface area (Å²) in [6.07, 6.45) is 3.44. The Morgan fingerprint density at radius 3 is 2.55 bits per heavy atom. The summed E-state index contributed by atoms with van der Waals surface area (Å²) >= 11 is 7.71. The van der Waals surface area contributed by atoms with E-state index in [4.69, 9.17) is 21.1 Å². The van der Waals surface area contributed by atoms with Crippen LogP contribution in [0.25, 0.3) is 6.08 Å². The Kier molecular flexibility index (Phi) is 6.78. The monoisotopic (exact) mass is 426 g/mol. The number of hydrogen-bond donors (Lipinski definition) is 0. The van der Waals surface area contributed by atoms with E-state index in [-0.39, 0.29) is 5.78 Å². The number of rotatable bonds is 7. The van der Waals surface area contributed by atoms with Gasteiger partial charge in [-0.3, -0.25) is 4.79 Å². The van der Waals surface area contributed by atoms with Crippen molar-refractivity contribution in [3.05, 3.63) is 85.6 Å². The van der Waals surface area contributed by atoms with E-state index in [1.54, 1.807) is 24.5 Å². The van der Waals surface area contributed by atoms with Gasteiger partial charge in [-0.1, -0.05) is 23.7 Å². The van der Waals surface area contributed by atoms with Crippen LogP contribution in [0.2, 0.25) is 5.02 Å². The average Bonchev–Trinajstić information content (AvgIpc) is 3.05. The van der Waals surface area contributed by atoms with Crippen LogP contribution in [0.3, 0.4) is 0 Å². The van der Waals surface area contributed by atoms with E-state index >= 15 is 0 Å². The van der Waals surface area contributed by atoms with Gasteiger partial charge >= 0.3 is 0 Å². The minimum atomic E-state index is 0.0112. The van der Waals surface area contributed by atoms with Gasteiger partial charge in [0.2, 0.25) is 0 Å². The van der Waals surface area contributed by atoms with Crippen LogP contribution in [0.15, 0.2) is 48.5 Å². The molecule has 0 amide bonds. The SMILES string of the molecule is COc1ccc(/C=C/C(=O)c2cc(C)sc2C)cc1COc1ccc(Cl)c(C)c1. The van der Waals surface area contributed by atoms with E-state index < -0.39 is 0 Å². The topological polar surface area (TPSA) is 35.5 Å². The molecule has 0 N–H and O–H groups in total. The standard InChI is InChI=1S/C24H23ClO3S/c1-15-11-20(7-8-22(15)25)28-14-19-13-18(6-10-24(19)27-4)5-9-23(26)21-12-16(2)29-17(21)3/h5-13H,14H2,1-4H3/b9-5+. The van der Waals surface area contributed by atoms with Gasteiger partial charge in [0.15, 0.2) is 5.78 Å². The maximum Gasteiger partial charge on any atom is 0.186 e. The second kappa shape index (κ2) is 9.29. The molecule has 1 heterocycles. The molecule has 150 valence electrons. The van der Waals surface area contributed by atoms with Gasteiger partial charge in [-0.15, -0.1) is 11.3 Å². The molecule has 3 aromatic rings. The Morgan fingerprint density at radius 1 is 1.10 bits per heavy atom. The maximum absolute atomic E-state index is 12.5. The number of halogens is 1. The number of carbonyl (C=O) groups is 1. The Labute approximate surface area is 180 Å². The van der Waals surface area contributed by atoms with Gasteiger partial charge in [0.1, 0.15) is 18.1 Å². The first-order chi connectivity index (χ1) is 13.9.